The summed E-state index contributed by atoms with van der Waals surface area (Å²) in [5.74, 6) is 2.06. The fourth-order valence-corrected chi connectivity index (χ4v) is 3.77. The largest absolute Gasteiger partial charge is 0.493 e. The fraction of sp³-hybridized carbons (Fsp3) is 0.259. The Kier molecular flexibility index (Phi) is 7.48. The van der Waals surface area contributed by atoms with Crippen LogP contribution in [0.2, 0.25) is 0 Å². The highest BCUT2D eigenvalue weighted by Gasteiger charge is 2.14. The molecule has 4 rings (SSSR count). The van der Waals surface area contributed by atoms with Crippen LogP contribution in [0.4, 0.5) is 0 Å². The van der Waals surface area contributed by atoms with Crippen LogP contribution in [-0.2, 0) is 17.9 Å². The number of H-pyrrole nitrogens is 1. The Morgan fingerprint density at radius 1 is 1.17 bits per heavy atom. The lowest BCUT2D eigenvalue weighted by Crippen LogP contribution is -2.30. The van der Waals surface area contributed by atoms with Crippen LogP contribution in [0.3, 0.4) is 0 Å². The van der Waals surface area contributed by atoms with Gasteiger partial charge in [-0.25, -0.2) is 4.98 Å². The monoisotopic (exact) mass is 488 g/mol. The summed E-state index contributed by atoms with van der Waals surface area (Å²) < 4.78 is 16.6. The minimum Gasteiger partial charge on any atom is -0.493 e. The first-order valence-electron chi connectivity index (χ1n) is 11.6. The van der Waals surface area contributed by atoms with Crippen LogP contribution in [0.25, 0.3) is 17.0 Å². The second kappa shape index (κ2) is 10.9. The van der Waals surface area contributed by atoms with Gasteiger partial charge in [-0.15, -0.1) is 0 Å². The maximum absolute atomic E-state index is 12.9. The third-order valence-corrected chi connectivity index (χ3v) is 5.86. The number of aromatic nitrogens is 3. The van der Waals surface area contributed by atoms with E-state index in [1.165, 1.54) is 6.08 Å². The van der Waals surface area contributed by atoms with E-state index in [4.69, 9.17) is 14.0 Å². The van der Waals surface area contributed by atoms with Gasteiger partial charge in [0.25, 0.3) is 5.56 Å². The van der Waals surface area contributed by atoms with Gasteiger partial charge in [0, 0.05) is 12.6 Å². The van der Waals surface area contributed by atoms with Crippen LogP contribution >= 0.6 is 0 Å². The van der Waals surface area contributed by atoms with E-state index >= 15 is 0 Å². The zero-order valence-corrected chi connectivity index (χ0v) is 20.7. The van der Waals surface area contributed by atoms with Crippen molar-refractivity contribution in [1.29, 1.82) is 0 Å². The number of para-hydroxylation sites is 1. The number of aryl methyl sites for hydroxylation is 2. The highest BCUT2D eigenvalue weighted by atomic mass is 16.5. The summed E-state index contributed by atoms with van der Waals surface area (Å²) in [5.41, 5.74) is 2.83. The van der Waals surface area contributed by atoms with E-state index < -0.39 is 0 Å². The van der Waals surface area contributed by atoms with E-state index in [-0.39, 0.29) is 18.0 Å². The van der Waals surface area contributed by atoms with Crippen molar-refractivity contribution in [2.45, 2.75) is 33.9 Å². The number of likely N-dealkylation sites (N-methyl/N-ethyl adjacent to an activating group) is 1. The summed E-state index contributed by atoms with van der Waals surface area (Å²) in [5, 5.41) is 4.46. The van der Waals surface area contributed by atoms with Gasteiger partial charge in [-0.05, 0) is 56.7 Å². The molecule has 4 aromatic rings. The quantitative estimate of drug-likeness (QED) is 0.352. The van der Waals surface area contributed by atoms with Gasteiger partial charge in [-0.3, -0.25) is 9.59 Å². The van der Waals surface area contributed by atoms with E-state index in [0.717, 1.165) is 16.8 Å². The molecule has 0 saturated carbocycles. The number of amides is 1. The van der Waals surface area contributed by atoms with Gasteiger partial charge in [-0.2, -0.15) is 0 Å². The zero-order chi connectivity index (χ0) is 25.7. The predicted molar refractivity (Wildman–Crippen MR) is 136 cm³/mol. The van der Waals surface area contributed by atoms with Crippen molar-refractivity contribution in [1.82, 2.24) is 20.0 Å². The van der Waals surface area contributed by atoms with Crippen LogP contribution in [0.15, 0.2) is 57.9 Å². The molecule has 186 valence electrons. The van der Waals surface area contributed by atoms with E-state index in [9.17, 15) is 9.59 Å². The Bertz CT molecular complexity index is 1450. The molecule has 0 fully saturated rings. The smallest absolute Gasteiger partial charge is 0.258 e. The van der Waals surface area contributed by atoms with E-state index in [2.05, 4.69) is 15.1 Å². The number of benzene rings is 2. The normalized spacial score (nSPS) is 11.2. The minimum absolute atomic E-state index is 0.192. The van der Waals surface area contributed by atoms with Gasteiger partial charge < -0.3 is 23.9 Å². The lowest BCUT2D eigenvalue weighted by molar-refractivity contribution is -0.126. The van der Waals surface area contributed by atoms with Gasteiger partial charge in [0.05, 0.1) is 35.8 Å². The Morgan fingerprint density at radius 3 is 2.69 bits per heavy atom. The van der Waals surface area contributed by atoms with Gasteiger partial charge in [0.15, 0.2) is 11.5 Å². The minimum atomic E-state index is -0.224. The summed E-state index contributed by atoms with van der Waals surface area (Å²) >= 11 is 0. The van der Waals surface area contributed by atoms with Crippen molar-refractivity contribution < 1.29 is 18.8 Å². The average molecular weight is 489 g/mol. The number of methoxy groups -OCH3 is 1. The van der Waals surface area contributed by atoms with Crippen LogP contribution in [0, 0.1) is 13.8 Å². The summed E-state index contributed by atoms with van der Waals surface area (Å²) in [7, 11) is 1.56. The molecule has 0 aliphatic rings. The first-order valence-corrected chi connectivity index (χ1v) is 11.6. The summed E-state index contributed by atoms with van der Waals surface area (Å²) in [4.78, 5) is 34.1. The molecule has 0 spiro atoms. The zero-order valence-electron chi connectivity index (χ0n) is 20.7. The van der Waals surface area contributed by atoms with E-state index in [0.29, 0.717) is 47.1 Å². The SMILES string of the molecule is CCN(Cc1nc2ccccc2c(=O)[nH]1)C(=O)/C=C\c1ccc(OCc2c(C)noc2C)c(OC)c1. The Morgan fingerprint density at radius 2 is 1.97 bits per heavy atom. The Balaban J connectivity index is 1.45. The number of ether oxygens (including phenoxy) is 2. The molecule has 9 nitrogen and oxygen atoms in total. The third-order valence-electron chi connectivity index (χ3n) is 5.86. The number of hydrogen-bond donors (Lipinski definition) is 1. The van der Waals surface area contributed by atoms with E-state index in [1.807, 2.05) is 32.9 Å². The molecule has 0 saturated heterocycles. The fourth-order valence-electron chi connectivity index (χ4n) is 3.77. The van der Waals surface area contributed by atoms with Gasteiger partial charge in [0.1, 0.15) is 18.2 Å². The van der Waals surface area contributed by atoms with Gasteiger partial charge in [0.2, 0.25) is 5.91 Å². The molecule has 36 heavy (non-hydrogen) atoms. The molecule has 9 heteroatoms. The molecule has 0 aliphatic heterocycles. The number of carbonyl (C=O) groups is 1. The molecule has 0 atom stereocenters. The van der Waals surface area contributed by atoms with Gasteiger partial charge in [-0.1, -0.05) is 23.4 Å². The highest BCUT2D eigenvalue weighted by molar-refractivity contribution is 5.91. The molecular weight excluding hydrogens is 460 g/mol. The van der Waals surface area contributed by atoms with Crippen LogP contribution in [-0.4, -0.2) is 39.6 Å². The number of nitrogens with zero attached hydrogens (tertiary/aromatic N) is 3. The molecule has 1 N–H and O–H groups in total. The summed E-state index contributed by atoms with van der Waals surface area (Å²) in [6, 6.07) is 12.5. The maximum atomic E-state index is 12.9. The number of carbonyl (C=O) groups excluding carboxylic acids is 1. The van der Waals surface area contributed by atoms with Crippen LogP contribution in [0.5, 0.6) is 11.5 Å². The number of fused-ring (bicyclic) bond motifs is 1. The second-order valence-corrected chi connectivity index (χ2v) is 8.22. The Labute approximate surface area is 208 Å². The van der Waals surface area contributed by atoms with Crippen LogP contribution in [0.1, 0.15) is 35.3 Å². The maximum Gasteiger partial charge on any atom is 0.258 e. The molecule has 0 unspecified atom stereocenters. The number of hydrogen-bond acceptors (Lipinski definition) is 7. The van der Waals surface area contributed by atoms with Crippen molar-refractivity contribution in [3.63, 3.8) is 0 Å². The predicted octanol–water partition coefficient (Wildman–Crippen LogP) is 4.18. The topological polar surface area (TPSA) is 111 Å². The average Bonchev–Trinajstić information content (AvgIpc) is 3.21. The first-order chi connectivity index (χ1) is 17.4. The molecule has 0 bridgehead atoms. The molecule has 2 aromatic carbocycles. The van der Waals surface area contributed by atoms with Crippen molar-refractivity contribution in [2.75, 3.05) is 13.7 Å². The van der Waals surface area contributed by atoms with Crippen molar-refractivity contribution in [3.8, 4) is 11.5 Å². The summed E-state index contributed by atoms with van der Waals surface area (Å²) in [6.07, 6.45) is 3.20. The first kappa shape index (κ1) is 24.7. The van der Waals surface area contributed by atoms with Crippen molar-refractivity contribution in [3.05, 3.63) is 87.3 Å². The molecule has 0 aliphatic carbocycles. The van der Waals surface area contributed by atoms with Crippen molar-refractivity contribution >= 4 is 22.9 Å². The van der Waals surface area contributed by atoms with Crippen LogP contribution < -0.4 is 15.0 Å². The molecule has 1 amide bonds. The molecule has 2 heterocycles. The third kappa shape index (κ3) is 5.46. The lowest BCUT2D eigenvalue weighted by atomic mass is 10.1. The molecule has 2 aromatic heterocycles. The summed E-state index contributed by atoms with van der Waals surface area (Å²) in [6.45, 7) is 6.54. The number of aromatic amines is 1. The lowest BCUT2D eigenvalue weighted by Gasteiger charge is -2.18. The Hall–Kier alpha value is -4.40. The highest BCUT2D eigenvalue weighted by Crippen LogP contribution is 2.30. The second-order valence-electron chi connectivity index (χ2n) is 8.22. The van der Waals surface area contributed by atoms with E-state index in [1.54, 1.807) is 48.4 Å². The molecular formula is C27H28N4O5. The standard InChI is InChI=1S/C27H28N4O5/c1-5-31(15-25-28-22-9-7-6-8-20(22)27(33)29-25)26(32)13-11-19-10-12-23(24(14-19)34-4)35-16-21-17(2)30-36-18(21)3/h6-14H,5,15-16H2,1-4H3,(H,28,29,33)/b13-11-. The number of nitrogens with one attached hydrogen (secondary N) is 1. The van der Waals surface area contributed by atoms with Gasteiger partial charge >= 0.3 is 0 Å². The molecule has 0 radical (unpaired) electrons. The number of rotatable bonds is 9. The van der Waals surface area contributed by atoms with Crippen molar-refractivity contribution in [2.24, 2.45) is 0 Å².